The molecule has 2 rings (SSSR count). The molecule has 0 radical (unpaired) electrons. The maximum atomic E-state index is 11.7. The molecular formula is C15H12Br2N2O2. The zero-order chi connectivity index (χ0) is 15.2. The van der Waals surface area contributed by atoms with Gasteiger partial charge in [0.2, 0.25) is 5.91 Å². The van der Waals surface area contributed by atoms with E-state index in [0.29, 0.717) is 4.47 Å². The van der Waals surface area contributed by atoms with Crippen molar-refractivity contribution in [1.82, 2.24) is 5.43 Å². The molecule has 2 aromatic rings. The van der Waals surface area contributed by atoms with Crippen LogP contribution in [0.15, 0.2) is 56.5 Å². The fraction of sp³-hybridized carbons (Fsp3) is 0.0667. The molecule has 2 aromatic carbocycles. The van der Waals surface area contributed by atoms with Crippen LogP contribution in [0.1, 0.15) is 11.1 Å². The first-order valence-electron chi connectivity index (χ1n) is 6.09. The monoisotopic (exact) mass is 410 g/mol. The second-order valence-electron chi connectivity index (χ2n) is 4.31. The van der Waals surface area contributed by atoms with E-state index >= 15 is 0 Å². The maximum Gasteiger partial charge on any atom is 0.244 e. The van der Waals surface area contributed by atoms with Crippen LogP contribution in [-0.2, 0) is 11.2 Å². The Kier molecular flexibility index (Phi) is 5.52. The third kappa shape index (κ3) is 4.99. The summed E-state index contributed by atoms with van der Waals surface area (Å²) in [7, 11) is 0. The van der Waals surface area contributed by atoms with Crippen LogP contribution in [0, 0.1) is 0 Å². The van der Waals surface area contributed by atoms with Gasteiger partial charge in [-0.15, -0.1) is 0 Å². The molecule has 0 heterocycles. The van der Waals surface area contributed by atoms with Crippen molar-refractivity contribution in [3.63, 3.8) is 0 Å². The van der Waals surface area contributed by atoms with Crippen molar-refractivity contribution >= 4 is 44.0 Å². The number of hydrogen-bond acceptors (Lipinski definition) is 3. The zero-order valence-electron chi connectivity index (χ0n) is 10.9. The minimum absolute atomic E-state index is 0.159. The molecule has 0 spiro atoms. The average molecular weight is 412 g/mol. The van der Waals surface area contributed by atoms with E-state index in [4.69, 9.17) is 0 Å². The molecule has 6 heteroatoms. The Morgan fingerprint density at radius 2 is 1.90 bits per heavy atom. The summed E-state index contributed by atoms with van der Waals surface area (Å²) in [6, 6.07) is 12.5. The lowest BCUT2D eigenvalue weighted by Crippen LogP contribution is -2.19. The molecule has 0 aliphatic rings. The number of carbonyl (C=O) groups excluding carboxylic acids is 1. The maximum absolute atomic E-state index is 11.7. The second kappa shape index (κ2) is 7.38. The normalized spacial score (nSPS) is 10.8. The highest BCUT2D eigenvalue weighted by Crippen LogP contribution is 2.23. The van der Waals surface area contributed by atoms with E-state index < -0.39 is 0 Å². The Hall–Kier alpha value is -1.66. The number of hydrazone groups is 1. The van der Waals surface area contributed by atoms with Crippen molar-refractivity contribution in [2.45, 2.75) is 6.42 Å². The van der Waals surface area contributed by atoms with Gasteiger partial charge in [-0.1, -0.05) is 28.1 Å². The largest absolute Gasteiger partial charge is 0.507 e. The average Bonchev–Trinajstić information content (AvgIpc) is 2.45. The van der Waals surface area contributed by atoms with Gasteiger partial charge in [0.1, 0.15) is 5.75 Å². The van der Waals surface area contributed by atoms with Gasteiger partial charge in [0.25, 0.3) is 0 Å². The Morgan fingerprint density at radius 1 is 1.19 bits per heavy atom. The minimum Gasteiger partial charge on any atom is -0.507 e. The van der Waals surface area contributed by atoms with Crippen LogP contribution in [0.4, 0.5) is 0 Å². The number of halogens is 2. The van der Waals surface area contributed by atoms with Crippen molar-refractivity contribution < 1.29 is 9.90 Å². The highest BCUT2D eigenvalue weighted by Gasteiger charge is 2.02. The molecule has 0 aliphatic carbocycles. The summed E-state index contributed by atoms with van der Waals surface area (Å²) in [5.74, 6) is -0.0298. The molecule has 0 unspecified atom stereocenters. The highest BCUT2D eigenvalue weighted by molar-refractivity contribution is 9.10. The Labute approximate surface area is 139 Å². The van der Waals surface area contributed by atoms with E-state index in [0.717, 1.165) is 15.6 Å². The molecule has 1 amide bonds. The first kappa shape index (κ1) is 15.7. The molecule has 0 fully saturated rings. The lowest BCUT2D eigenvalue weighted by atomic mass is 10.1. The van der Waals surface area contributed by atoms with E-state index in [9.17, 15) is 9.90 Å². The third-order valence-electron chi connectivity index (χ3n) is 2.65. The van der Waals surface area contributed by atoms with E-state index in [1.165, 1.54) is 6.21 Å². The summed E-state index contributed by atoms with van der Waals surface area (Å²) in [6.07, 6.45) is 1.79. The fourth-order valence-corrected chi connectivity index (χ4v) is 2.27. The van der Waals surface area contributed by atoms with Crippen LogP contribution in [0.25, 0.3) is 0 Å². The predicted octanol–water partition coefficient (Wildman–Crippen LogP) is 3.61. The molecule has 2 N–H and O–H groups in total. The Balaban J connectivity index is 1.89. The molecule has 0 saturated heterocycles. The standard InChI is InChI=1S/C15H12Br2N2O2/c16-12-4-1-10(2-5-12)8-15(21)19-18-9-11-3-6-14(20)13(17)7-11/h1-7,9,20H,8H2,(H,19,21)/b18-9+. The SMILES string of the molecule is O=C(Cc1ccc(Br)cc1)N/N=C/c1ccc(O)c(Br)c1. The number of hydrogen-bond donors (Lipinski definition) is 2. The van der Waals surface area contributed by atoms with E-state index in [1.807, 2.05) is 24.3 Å². The quantitative estimate of drug-likeness (QED) is 0.596. The molecule has 108 valence electrons. The molecule has 0 aromatic heterocycles. The topological polar surface area (TPSA) is 61.7 Å². The van der Waals surface area contributed by atoms with Gasteiger partial charge in [-0.3, -0.25) is 4.79 Å². The number of carbonyl (C=O) groups is 1. The number of nitrogens with one attached hydrogen (secondary N) is 1. The first-order valence-corrected chi connectivity index (χ1v) is 7.68. The van der Waals surface area contributed by atoms with E-state index in [-0.39, 0.29) is 18.1 Å². The zero-order valence-corrected chi connectivity index (χ0v) is 14.1. The molecule has 0 aliphatic heterocycles. The van der Waals surface area contributed by atoms with Crippen LogP contribution < -0.4 is 5.43 Å². The first-order chi connectivity index (χ1) is 10.0. The lowest BCUT2D eigenvalue weighted by molar-refractivity contribution is -0.120. The van der Waals surface area contributed by atoms with Gasteiger partial charge < -0.3 is 5.11 Å². The minimum atomic E-state index is -0.189. The Bertz CT molecular complexity index is 670. The summed E-state index contributed by atoms with van der Waals surface area (Å²) in [6.45, 7) is 0. The summed E-state index contributed by atoms with van der Waals surface area (Å²) < 4.78 is 1.55. The van der Waals surface area contributed by atoms with Gasteiger partial charge in [0, 0.05) is 4.47 Å². The van der Waals surface area contributed by atoms with E-state index in [2.05, 4.69) is 42.4 Å². The molecular weight excluding hydrogens is 400 g/mol. The molecule has 4 nitrogen and oxygen atoms in total. The van der Waals surface area contributed by atoms with Crippen LogP contribution in [0.5, 0.6) is 5.75 Å². The summed E-state index contributed by atoms with van der Waals surface area (Å²) in [5, 5.41) is 13.3. The number of amides is 1. The van der Waals surface area contributed by atoms with Crippen molar-refractivity contribution in [2.75, 3.05) is 0 Å². The summed E-state index contributed by atoms with van der Waals surface area (Å²) >= 11 is 6.56. The fourth-order valence-electron chi connectivity index (χ4n) is 1.61. The molecule has 0 atom stereocenters. The number of benzene rings is 2. The van der Waals surface area contributed by atoms with Crippen molar-refractivity contribution in [3.8, 4) is 5.75 Å². The number of nitrogens with zero attached hydrogens (tertiary/aromatic N) is 1. The van der Waals surface area contributed by atoms with Gasteiger partial charge in [-0.05, 0) is 57.4 Å². The van der Waals surface area contributed by atoms with Crippen LogP contribution in [0.3, 0.4) is 0 Å². The number of phenolic OH excluding ortho intramolecular Hbond substituents is 1. The summed E-state index contributed by atoms with van der Waals surface area (Å²) in [4.78, 5) is 11.7. The van der Waals surface area contributed by atoms with Crippen LogP contribution >= 0.6 is 31.9 Å². The van der Waals surface area contributed by atoms with Gasteiger partial charge in [0.15, 0.2) is 0 Å². The molecule has 21 heavy (non-hydrogen) atoms. The highest BCUT2D eigenvalue weighted by atomic mass is 79.9. The van der Waals surface area contributed by atoms with E-state index in [1.54, 1.807) is 18.2 Å². The van der Waals surface area contributed by atoms with Crippen molar-refractivity contribution in [2.24, 2.45) is 5.10 Å². The van der Waals surface area contributed by atoms with Gasteiger partial charge in [-0.25, -0.2) is 5.43 Å². The smallest absolute Gasteiger partial charge is 0.244 e. The third-order valence-corrected chi connectivity index (χ3v) is 3.82. The Morgan fingerprint density at radius 3 is 2.57 bits per heavy atom. The van der Waals surface area contributed by atoms with Crippen LogP contribution in [-0.4, -0.2) is 17.2 Å². The second-order valence-corrected chi connectivity index (χ2v) is 6.08. The summed E-state index contributed by atoms with van der Waals surface area (Å²) in [5.41, 5.74) is 4.15. The molecule has 0 saturated carbocycles. The van der Waals surface area contributed by atoms with Gasteiger partial charge >= 0.3 is 0 Å². The van der Waals surface area contributed by atoms with Gasteiger partial charge in [0.05, 0.1) is 17.1 Å². The van der Waals surface area contributed by atoms with Crippen molar-refractivity contribution in [3.05, 3.63) is 62.5 Å². The predicted molar refractivity (Wildman–Crippen MR) is 89.4 cm³/mol. The van der Waals surface area contributed by atoms with Crippen LogP contribution in [0.2, 0.25) is 0 Å². The number of rotatable bonds is 4. The number of phenols is 1. The van der Waals surface area contributed by atoms with Crippen molar-refractivity contribution in [1.29, 1.82) is 0 Å². The van der Waals surface area contributed by atoms with Gasteiger partial charge in [-0.2, -0.15) is 5.10 Å². The lowest BCUT2D eigenvalue weighted by Gasteiger charge is -2.01. The molecule has 0 bridgehead atoms. The number of aromatic hydroxyl groups is 1.